The molecule has 0 fully saturated rings. The summed E-state index contributed by atoms with van der Waals surface area (Å²) in [5.41, 5.74) is 1.96. The molecule has 0 aliphatic rings. The summed E-state index contributed by atoms with van der Waals surface area (Å²) in [5.74, 6) is 0.386. The van der Waals surface area contributed by atoms with E-state index in [1.54, 1.807) is 31.4 Å². The van der Waals surface area contributed by atoms with Gasteiger partial charge in [0.2, 0.25) is 0 Å². The molecule has 0 bridgehead atoms. The molecule has 1 heterocycles. The minimum absolute atomic E-state index is 0.230. The molecular weight excluding hydrogens is 288 g/mol. The lowest BCUT2D eigenvalue weighted by molar-refractivity contribution is 0.102. The SMILES string of the molecule is COc1ccccc1NC(=O)c1cc2cc(Cl)ccc2[nH]1. The van der Waals surface area contributed by atoms with Gasteiger partial charge in [-0.1, -0.05) is 23.7 Å². The quantitative estimate of drug-likeness (QED) is 0.765. The number of hydrogen-bond donors (Lipinski definition) is 2. The van der Waals surface area contributed by atoms with Gasteiger partial charge in [0.15, 0.2) is 0 Å². The molecule has 1 aromatic heterocycles. The zero-order valence-corrected chi connectivity index (χ0v) is 12.1. The highest BCUT2D eigenvalue weighted by atomic mass is 35.5. The van der Waals surface area contributed by atoms with Crippen LogP contribution in [0.5, 0.6) is 5.75 Å². The van der Waals surface area contributed by atoms with Crippen molar-refractivity contribution in [3.05, 3.63) is 59.2 Å². The molecule has 3 aromatic rings. The van der Waals surface area contributed by atoms with Gasteiger partial charge in [-0.3, -0.25) is 4.79 Å². The van der Waals surface area contributed by atoms with Crippen LogP contribution in [0.3, 0.4) is 0 Å². The third-order valence-corrected chi connectivity index (χ3v) is 3.42. The minimum atomic E-state index is -0.230. The molecule has 5 heteroatoms. The van der Waals surface area contributed by atoms with Crippen molar-refractivity contribution in [3.8, 4) is 5.75 Å². The number of carbonyl (C=O) groups excluding carboxylic acids is 1. The molecule has 0 saturated carbocycles. The highest BCUT2D eigenvalue weighted by Gasteiger charge is 2.12. The molecule has 0 aliphatic heterocycles. The first kappa shape index (κ1) is 13.5. The molecular formula is C16H13ClN2O2. The minimum Gasteiger partial charge on any atom is -0.495 e. The van der Waals surface area contributed by atoms with Gasteiger partial charge in [0.05, 0.1) is 12.8 Å². The van der Waals surface area contributed by atoms with Gasteiger partial charge < -0.3 is 15.0 Å². The number of carbonyl (C=O) groups is 1. The Morgan fingerprint density at radius 2 is 2.00 bits per heavy atom. The number of benzene rings is 2. The number of rotatable bonds is 3. The summed E-state index contributed by atoms with van der Waals surface area (Å²) >= 11 is 5.95. The van der Waals surface area contributed by atoms with Crippen molar-refractivity contribution in [3.63, 3.8) is 0 Å². The Morgan fingerprint density at radius 3 is 2.81 bits per heavy atom. The van der Waals surface area contributed by atoms with Crippen LogP contribution < -0.4 is 10.1 Å². The third-order valence-electron chi connectivity index (χ3n) is 3.18. The predicted molar refractivity (Wildman–Crippen MR) is 84.3 cm³/mol. The van der Waals surface area contributed by atoms with Crippen molar-refractivity contribution in [2.75, 3.05) is 12.4 Å². The van der Waals surface area contributed by atoms with Crippen LogP contribution in [0.2, 0.25) is 5.02 Å². The fourth-order valence-electron chi connectivity index (χ4n) is 2.16. The third kappa shape index (κ3) is 2.71. The first-order chi connectivity index (χ1) is 10.2. The lowest BCUT2D eigenvalue weighted by atomic mass is 10.2. The number of amides is 1. The second-order valence-corrected chi connectivity index (χ2v) is 5.01. The molecule has 21 heavy (non-hydrogen) atoms. The summed E-state index contributed by atoms with van der Waals surface area (Å²) in [7, 11) is 1.57. The van der Waals surface area contributed by atoms with Gasteiger partial charge in [-0.05, 0) is 36.4 Å². The maximum atomic E-state index is 12.3. The average Bonchev–Trinajstić information content (AvgIpc) is 2.91. The Hall–Kier alpha value is -2.46. The smallest absolute Gasteiger partial charge is 0.272 e. The van der Waals surface area contributed by atoms with E-state index in [0.29, 0.717) is 22.2 Å². The van der Waals surface area contributed by atoms with Crippen molar-refractivity contribution < 1.29 is 9.53 Å². The van der Waals surface area contributed by atoms with E-state index in [1.807, 2.05) is 24.3 Å². The highest BCUT2D eigenvalue weighted by Crippen LogP contribution is 2.25. The van der Waals surface area contributed by atoms with Gasteiger partial charge in [-0.2, -0.15) is 0 Å². The summed E-state index contributed by atoms with van der Waals surface area (Å²) in [6.45, 7) is 0. The van der Waals surface area contributed by atoms with E-state index >= 15 is 0 Å². The maximum absolute atomic E-state index is 12.3. The number of anilines is 1. The molecule has 0 spiro atoms. The van der Waals surface area contributed by atoms with E-state index in [4.69, 9.17) is 16.3 Å². The Kier molecular flexibility index (Phi) is 3.54. The fraction of sp³-hybridized carbons (Fsp3) is 0.0625. The number of H-pyrrole nitrogens is 1. The van der Waals surface area contributed by atoms with E-state index in [-0.39, 0.29) is 5.91 Å². The number of aromatic amines is 1. The number of fused-ring (bicyclic) bond motifs is 1. The van der Waals surface area contributed by atoms with Crippen LogP contribution in [0.1, 0.15) is 10.5 Å². The molecule has 3 rings (SSSR count). The predicted octanol–water partition coefficient (Wildman–Crippen LogP) is 4.08. The van der Waals surface area contributed by atoms with Gasteiger partial charge in [-0.25, -0.2) is 0 Å². The zero-order chi connectivity index (χ0) is 14.8. The molecule has 4 nitrogen and oxygen atoms in total. The maximum Gasteiger partial charge on any atom is 0.272 e. The van der Waals surface area contributed by atoms with Crippen LogP contribution in [-0.2, 0) is 0 Å². The number of para-hydroxylation sites is 2. The van der Waals surface area contributed by atoms with Crippen molar-refractivity contribution in [1.82, 2.24) is 4.98 Å². The number of ether oxygens (including phenoxy) is 1. The average molecular weight is 301 g/mol. The number of halogens is 1. The summed E-state index contributed by atoms with van der Waals surface area (Å²) in [4.78, 5) is 15.4. The van der Waals surface area contributed by atoms with Crippen LogP contribution in [0.25, 0.3) is 10.9 Å². The molecule has 0 aliphatic carbocycles. The second kappa shape index (κ2) is 5.50. The van der Waals surface area contributed by atoms with Gasteiger partial charge in [-0.15, -0.1) is 0 Å². The normalized spacial score (nSPS) is 10.6. The number of aromatic nitrogens is 1. The summed E-state index contributed by atoms with van der Waals surface area (Å²) < 4.78 is 5.21. The number of methoxy groups -OCH3 is 1. The molecule has 0 radical (unpaired) electrons. The van der Waals surface area contributed by atoms with Crippen LogP contribution in [0, 0.1) is 0 Å². The summed E-state index contributed by atoms with van der Waals surface area (Å²) in [6, 6.07) is 14.5. The van der Waals surface area contributed by atoms with Crippen molar-refractivity contribution in [2.24, 2.45) is 0 Å². The van der Waals surface area contributed by atoms with Gasteiger partial charge in [0, 0.05) is 15.9 Å². The Morgan fingerprint density at radius 1 is 1.19 bits per heavy atom. The Balaban J connectivity index is 1.90. The lowest BCUT2D eigenvalue weighted by Gasteiger charge is -2.08. The Labute approximate surface area is 126 Å². The van der Waals surface area contributed by atoms with Crippen LogP contribution in [0.4, 0.5) is 5.69 Å². The van der Waals surface area contributed by atoms with Gasteiger partial charge >= 0.3 is 0 Å². The van der Waals surface area contributed by atoms with Crippen LogP contribution in [-0.4, -0.2) is 18.0 Å². The van der Waals surface area contributed by atoms with E-state index in [1.165, 1.54) is 0 Å². The lowest BCUT2D eigenvalue weighted by Crippen LogP contribution is -2.12. The molecule has 1 amide bonds. The van der Waals surface area contributed by atoms with Crippen molar-refractivity contribution in [1.29, 1.82) is 0 Å². The van der Waals surface area contributed by atoms with Gasteiger partial charge in [0.25, 0.3) is 5.91 Å². The molecule has 0 saturated heterocycles. The Bertz CT molecular complexity index is 811. The largest absolute Gasteiger partial charge is 0.495 e. The monoisotopic (exact) mass is 300 g/mol. The fourth-order valence-corrected chi connectivity index (χ4v) is 2.34. The molecule has 2 N–H and O–H groups in total. The topological polar surface area (TPSA) is 54.1 Å². The second-order valence-electron chi connectivity index (χ2n) is 4.57. The van der Waals surface area contributed by atoms with E-state index in [9.17, 15) is 4.79 Å². The molecule has 106 valence electrons. The van der Waals surface area contributed by atoms with E-state index in [0.717, 1.165) is 10.9 Å². The first-order valence-electron chi connectivity index (χ1n) is 6.40. The highest BCUT2D eigenvalue weighted by molar-refractivity contribution is 6.31. The number of hydrogen-bond acceptors (Lipinski definition) is 2. The van der Waals surface area contributed by atoms with Crippen LogP contribution >= 0.6 is 11.6 Å². The first-order valence-corrected chi connectivity index (χ1v) is 6.78. The number of nitrogens with one attached hydrogen (secondary N) is 2. The standard InChI is InChI=1S/C16H13ClN2O2/c1-21-15-5-3-2-4-13(15)19-16(20)14-9-10-8-11(17)6-7-12(10)18-14/h2-9,18H,1H3,(H,19,20). The van der Waals surface area contributed by atoms with E-state index < -0.39 is 0 Å². The van der Waals surface area contributed by atoms with Crippen molar-refractivity contribution in [2.45, 2.75) is 0 Å². The van der Waals surface area contributed by atoms with Crippen molar-refractivity contribution >= 4 is 34.1 Å². The van der Waals surface area contributed by atoms with Crippen LogP contribution in [0.15, 0.2) is 48.5 Å². The molecule has 2 aromatic carbocycles. The summed E-state index contributed by atoms with van der Waals surface area (Å²) in [5, 5.41) is 4.36. The van der Waals surface area contributed by atoms with E-state index in [2.05, 4.69) is 10.3 Å². The molecule has 0 atom stereocenters. The molecule has 0 unspecified atom stereocenters. The zero-order valence-electron chi connectivity index (χ0n) is 11.3. The summed E-state index contributed by atoms with van der Waals surface area (Å²) in [6.07, 6.45) is 0. The van der Waals surface area contributed by atoms with Gasteiger partial charge in [0.1, 0.15) is 11.4 Å².